The van der Waals surface area contributed by atoms with Gasteiger partial charge in [-0.2, -0.15) is 0 Å². The molecule has 4 atom stereocenters. The van der Waals surface area contributed by atoms with E-state index in [-0.39, 0.29) is 31.8 Å². The average Bonchev–Trinajstić information content (AvgIpc) is 3.69. The summed E-state index contributed by atoms with van der Waals surface area (Å²) in [4.78, 5) is 73.3. The zero-order chi connectivity index (χ0) is 48.0. The van der Waals surface area contributed by atoms with E-state index in [1.807, 2.05) is 55.7 Å². The van der Waals surface area contributed by atoms with Gasteiger partial charge in [0.1, 0.15) is 29.4 Å². The molecule has 1 unspecified atom stereocenters. The molecule has 5 heterocycles. The van der Waals surface area contributed by atoms with Crippen molar-refractivity contribution in [2.75, 3.05) is 46.0 Å². The minimum absolute atomic E-state index is 0.125. The van der Waals surface area contributed by atoms with Gasteiger partial charge in [-0.3, -0.25) is 29.1 Å². The molecular formula is C51H58Cl2N8O7. The number of hydrogen-bond acceptors (Lipinski definition) is 10. The van der Waals surface area contributed by atoms with Crippen LogP contribution in [0, 0.1) is 5.41 Å². The molecule has 4 amide bonds. The van der Waals surface area contributed by atoms with Crippen LogP contribution < -0.4 is 15.4 Å². The van der Waals surface area contributed by atoms with Crippen molar-refractivity contribution in [2.24, 2.45) is 12.5 Å². The Labute approximate surface area is 406 Å². The zero-order valence-electron chi connectivity index (χ0n) is 38.6. The molecule has 2 bridgehead atoms. The average molecular weight is 966 g/mol. The molecular weight excluding hydrogens is 908 g/mol. The Morgan fingerprint density at radius 1 is 0.882 bits per heavy atom. The Morgan fingerprint density at radius 2 is 1.63 bits per heavy atom. The van der Waals surface area contributed by atoms with Crippen molar-refractivity contribution in [3.05, 3.63) is 130 Å². The summed E-state index contributed by atoms with van der Waals surface area (Å²) in [5.41, 5.74) is 1.79. The molecule has 3 saturated heterocycles. The number of carbonyl (C=O) groups excluding carboxylic acids is 4. The largest absolute Gasteiger partial charge is 0.457 e. The summed E-state index contributed by atoms with van der Waals surface area (Å²) in [5.74, 6) is -0.218. The van der Waals surface area contributed by atoms with Gasteiger partial charge in [0.25, 0.3) is 0 Å². The molecule has 3 aliphatic heterocycles. The van der Waals surface area contributed by atoms with Crippen LogP contribution in [0.2, 0.25) is 10.0 Å². The molecule has 358 valence electrons. The van der Waals surface area contributed by atoms with Crippen molar-refractivity contribution >= 4 is 46.8 Å². The molecule has 8 rings (SSSR count). The zero-order valence-corrected chi connectivity index (χ0v) is 40.1. The van der Waals surface area contributed by atoms with Crippen LogP contribution in [0.4, 0.5) is 0 Å². The first-order valence-corrected chi connectivity index (χ1v) is 23.8. The number of aliphatic hydroxyl groups excluding tert-OH is 1. The van der Waals surface area contributed by atoms with E-state index in [1.165, 1.54) is 4.90 Å². The van der Waals surface area contributed by atoms with Gasteiger partial charge in [0.15, 0.2) is 0 Å². The van der Waals surface area contributed by atoms with Gasteiger partial charge in [-0.15, -0.1) is 0 Å². The van der Waals surface area contributed by atoms with Crippen LogP contribution in [-0.2, 0) is 56.9 Å². The van der Waals surface area contributed by atoms with Crippen LogP contribution in [-0.4, -0.2) is 122 Å². The van der Waals surface area contributed by atoms with Gasteiger partial charge >= 0.3 is 0 Å². The fraction of sp³-hybridized carbons (Fsp3) is 0.412. The first-order valence-electron chi connectivity index (χ1n) is 23.0. The summed E-state index contributed by atoms with van der Waals surface area (Å²) in [5, 5.41) is 17.4. The van der Waals surface area contributed by atoms with E-state index in [9.17, 15) is 14.7 Å². The van der Waals surface area contributed by atoms with E-state index in [0.717, 1.165) is 47.8 Å². The Morgan fingerprint density at radius 3 is 2.35 bits per heavy atom. The maximum absolute atomic E-state index is 15.2. The molecule has 15 nitrogen and oxygen atoms in total. The van der Waals surface area contributed by atoms with Gasteiger partial charge in [0.2, 0.25) is 23.6 Å². The number of imidazole rings is 1. The predicted octanol–water partition coefficient (Wildman–Crippen LogP) is 5.98. The van der Waals surface area contributed by atoms with Crippen molar-refractivity contribution in [1.82, 2.24) is 39.9 Å². The lowest BCUT2D eigenvalue weighted by molar-refractivity contribution is -0.152. The topological polar surface area (TPSA) is 171 Å². The second-order valence-corrected chi connectivity index (χ2v) is 19.4. The van der Waals surface area contributed by atoms with Crippen molar-refractivity contribution < 1.29 is 33.8 Å². The van der Waals surface area contributed by atoms with Gasteiger partial charge in [-0.05, 0) is 105 Å². The van der Waals surface area contributed by atoms with Gasteiger partial charge in [-0.1, -0.05) is 47.5 Å². The van der Waals surface area contributed by atoms with Gasteiger partial charge in [-0.25, -0.2) is 4.98 Å². The molecule has 3 aromatic carbocycles. The molecule has 0 radical (unpaired) electrons. The lowest BCUT2D eigenvalue weighted by Crippen LogP contribution is -2.66. The number of benzene rings is 3. The Kier molecular flexibility index (Phi) is 15.2. The summed E-state index contributed by atoms with van der Waals surface area (Å²) in [7, 11) is 2.00. The predicted molar refractivity (Wildman–Crippen MR) is 258 cm³/mol. The van der Waals surface area contributed by atoms with E-state index in [0.29, 0.717) is 66.1 Å². The highest BCUT2D eigenvalue weighted by atomic mass is 35.5. The smallest absolute Gasteiger partial charge is 0.245 e. The number of morpholine rings is 1. The lowest BCUT2D eigenvalue weighted by atomic mass is 9.76. The molecule has 3 aliphatic rings. The number of hydrogen-bond donors (Lipinski definition) is 3. The number of ether oxygens (including phenoxy) is 2. The van der Waals surface area contributed by atoms with Gasteiger partial charge < -0.3 is 39.6 Å². The third-order valence-corrected chi connectivity index (χ3v) is 13.9. The molecule has 3 N–H and O–H groups in total. The van der Waals surface area contributed by atoms with E-state index < -0.39 is 47.4 Å². The fourth-order valence-corrected chi connectivity index (χ4v) is 9.86. The van der Waals surface area contributed by atoms with Gasteiger partial charge in [0.05, 0.1) is 55.8 Å². The van der Waals surface area contributed by atoms with Crippen LogP contribution in [0.1, 0.15) is 55.6 Å². The minimum atomic E-state index is -1.35. The Balaban J connectivity index is 1.09. The van der Waals surface area contributed by atoms with E-state index in [4.69, 9.17) is 37.7 Å². The number of carbonyl (C=O) groups is 4. The number of fused-ring (bicyclic) bond motifs is 2. The van der Waals surface area contributed by atoms with Crippen molar-refractivity contribution in [1.29, 1.82) is 0 Å². The number of piperidine rings is 1. The monoisotopic (exact) mass is 964 g/mol. The first kappa shape index (κ1) is 48.6. The summed E-state index contributed by atoms with van der Waals surface area (Å²) >= 11 is 12.8. The van der Waals surface area contributed by atoms with Crippen molar-refractivity contribution in [2.45, 2.75) is 76.7 Å². The summed E-state index contributed by atoms with van der Waals surface area (Å²) in [6.45, 7) is 6.91. The van der Waals surface area contributed by atoms with Crippen LogP contribution in [0.15, 0.2) is 97.5 Å². The number of aromatic nitrogens is 3. The maximum Gasteiger partial charge on any atom is 0.245 e. The normalized spacial score (nSPS) is 23.2. The van der Waals surface area contributed by atoms with E-state index in [2.05, 4.69) is 25.1 Å². The van der Waals surface area contributed by atoms with Gasteiger partial charge in [0, 0.05) is 73.2 Å². The highest BCUT2D eigenvalue weighted by Crippen LogP contribution is 2.37. The highest BCUT2D eigenvalue weighted by molar-refractivity contribution is 6.31. The third kappa shape index (κ3) is 11.4. The summed E-state index contributed by atoms with van der Waals surface area (Å²) in [6, 6.07) is 21.1. The fourth-order valence-electron chi connectivity index (χ4n) is 9.57. The quantitative estimate of drug-likeness (QED) is 0.135. The molecule has 3 fully saturated rings. The standard InChI is InChI=1S/C51H58Cl2N8O7/c1-34-47(64)56-42(32-62)48(65)57-51(26-35-7-12-39(52)13-8-35)17-5-19-60(33-51)49(66)50(2,25-36-6-4-18-54-28-36)27-46(63)61(34)30-38-9-14-40(53)24-44(38)68-41-15-10-37(11-16-41)43-29-55-45(58(43)3)31-59-20-22-67-23-21-59/h4,6-16,18,24,28-29,34,42,62H,5,17,19-23,25-27,30-33H2,1-3H3,(H,56,64)(H,57,65)/t34-,42-,50?,51+/m0/s1. The number of rotatable bonds is 12. The number of aliphatic hydroxyl groups is 1. The molecule has 68 heavy (non-hydrogen) atoms. The summed E-state index contributed by atoms with van der Waals surface area (Å²) in [6.07, 6.45) is 6.54. The lowest BCUT2D eigenvalue weighted by Gasteiger charge is -2.47. The molecule has 0 aliphatic carbocycles. The molecule has 17 heteroatoms. The van der Waals surface area contributed by atoms with Crippen LogP contribution >= 0.6 is 23.2 Å². The maximum atomic E-state index is 15.2. The van der Waals surface area contributed by atoms with E-state index in [1.54, 1.807) is 67.5 Å². The molecule has 0 saturated carbocycles. The number of pyridine rings is 1. The molecule has 0 spiro atoms. The number of nitrogens with zero attached hydrogens (tertiary/aromatic N) is 6. The third-order valence-electron chi connectivity index (χ3n) is 13.4. The number of nitrogens with one attached hydrogen (secondary N) is 2. The highest BCUT2D eigenvalue weighted by Gasteiger charge is 2.47. The Bertz CT molecular complexity index is 2590. The Hall–Kier alpha value is -5.84. The second-order valence-electron chi connectivity index (χ2n) is 18.5. The van der Waals surface area contributed by atoms with Crippen LogP contribution in [0.25, 0.3) is 11.3 Å². The molecule has 5 aromatic rings. The second kappa shape index (κ2) is 21.2. The van der Waals surface area contributed by atoms with E-state index >= 15 is 9.59 Å². The van der Waals surface area contributed by atoms with Crippen molar-refractivity contribution in [3.63, 3.8) is 0 Å². The van der Waals surface area contributed by atoms with Crippen LogP contribution in [0.3, 0.4) is 0 Å². The molecule has 2 aromatic heterocycles. The van der Waals surface area contributed by atoms with Crippen LogP contribution in [0.5, 0.6) is 11.5 Å². The first-order chi connectivity index (χ1) is 32.7. The number of halogens is 2. The number of amides is 4. The minimum Gasteiger partial charge on any atom is -0.457 e. The van der Waals surface area contributed by atoms with Crippen molar-refractivity contribution in [3.8, 4) is 22.8 Å². The summed E-state index contributed by atoms with van der Waals surface area (Å²) < 4.78 is 14.1. The SMILES string of the molecule is C[C@H]1C(=O)N[C@@H](CO)C(=O)N[C@@]2(Cc3ccc(Cl)cc3)CCCN(C2)C(=O)C(C)(Cc2cccnc2)CC(=O)N1Cc1ccc(Cl)cc1Oc1ccc(-c2cnc(CN3CCOCC3)n2C)cc1.